The van der Waals surface area contributed by atoms with Gasteiger partial charge in [0.25, 0.3) is 0 Å². The summed E-state index contributed by atoms with van der Waals surface area (Å²) in [6.45, 7) is 0. The maximum absolute atomic E-state index is 5.17. The lowest BCUT2D eigenvalue weighted by Crippen LogP contribution is -2.17. The van der Waals surface area contributed by atoms with E-state index in [-0.39, 0.29) is 0 Å². The second-order valence-corrected chi connectivity index (χ2v) is 5.58. The molecule has 1 heterocycles. The first-order valence-corrected chi connectivity index (χ1v) is 7.43. The topological polar surface area (TPSA) is 34.1 Å². The Kier molecular flexibility index (Phi) is 5.56. The highest BCUT2D eigenvalue weighted by atomic mass is 79.9. The molecule has 1 unspecified atom stereocenters. The molecule has 1 aromatic carbocycles. The summed E-state index contributed by atoms with van der Waals surface area (Å²) < 4.78 is 6.19. The number of hydrogen-bond donors (Lipinski definition) is 1. The van der Waals surface area contributed by atoms with Crippen molar-refractivity contribution in [1.29, 1.82) is 0 Å². The molecule has 0 aliphatic heterocycles. The molecule has 3 nitrogen and oxygen atoms in total. The van der Waals surface area contributed by atoms with Gasteiger partial charge in [0.15, 0.2) is 0 Å². The standard InChI is InChI=1S/C16H19BrN2O/c1-18-16(13-9-14(17)11-19-10-13)8-5-12-3-6-15(20-2)7-4-12/h3-4,6-7,9-11,16,18H,5,8H2,1-2H3. The van der Waals surface area contributed by atoms with Gasteiger partial charge in [0.2, 0.25) is 0 Å². The monoisotopic (exact) mass is 334 g/mol. The van der Waals surface area contributed by atoms with Crippen LogP contribution in [0.4, 0.5) is 0 Å². The summed E-state index contributed by atoms with van der Waals surface area (Å²) in [7, 11) is 3.67. The van der Waals surface area contributed by atoms with Crippen molar-refractivity contribution in [2.24, 2.45) is 0 Å². The molecule has 20 heavy (non-hydrogen) atoms. The van der Waals surface area contributed by atoms with E-state index in [0.717, 1.165) is 23.1 Å². The number of nitrogens with zero attached hydrogens (tertiary/aromatic N) is 1. The SMILES string of the molecule is CNC(CCc1ccc(OC)cc1)c1cncc(Br)c1. The van der Waals surface area contributed by atoms with E-state index in [2.05, 4.69) is 44.4 Å². The summed E-state index contributed by atoms with van der Waals surface area (Å²) in [6.07, 6.45) is 5.77. The number of ether oxygens (including phenoxy) is 1. The van der Waals surface area contributed by atoms with Crippen LogP contribution in [0.3, 0.4) is 0 Å². The van der Waals surface area contributed by atoms with E-state index in [1.807, 2.05) is 25.4 Å². The molecule has 0 radical (unpaired) electrons. The first kappa shape index (κ1) is 15.0. The molecule has 106 valence electrons. The van der Waals surface area contributed by atoms with Crippen molar-refractivity contribution in [2.75, 3.05) is 14.2 Å². The largest absolute Gasteiger partial charge is 0.497 e. The Balaban J connectivity index is 1.99. The third-order valence-electron chi connectivity index (χ3n) is 3.36. The first-order valence-electron chi connectivity index (χ1n) is 6.63. The quantitative estimate of drug-likeness (QED) is 0.873. The minimum absolute atomic E-state index is 0.308. The molecular weight excluding hydrogens is 316 g/mol. The lowest BCUT2D eigenvalue weighted by Gasteiger charge is -2.16. The smallest absolute Gasteiger partial charge is 0.118 e. The summed E-state index contributed by atoms with van der Waals surface area (Å²) in [5.74, 6) is 0.898. The van der Waals surface area contributed by atoms with Gasteiger partial charge in [-0.25, -0.2) is 0 Å². The van der Waals surface area contributed by atoms with Gasteiger partial charge in [0, 0.05) is 22.9 Å². The van der Waals surface area contributed by atoms with Crippen LogP contribution in [0.1, 0.15) is 23.6 Å². The highest BCUT2D eigenvalue weighted by Crippen LogP contribution is 2.22. The lowest BCUT2D eigenvalue weighted by molar-refractivity contribution is 0.414. The zero-order chi connectivity index (χ0) is 14.4. The van der Waals surface area contributed by atoms with Crippen molar-refractivity contribution in [3.05, 3.63) is 58.3 Å². The zero-order valence-corrected chi connectivity index (χ0v) is 13.4. The Morgan fingerprint density at radius 1 is 1.25 bits per heavy atom. The van der Waals surface area contributed by atoms with Gasteiger partial charge in [0.05, 0.1) is 7.11 Å². The molecule has 1 N–H and O–H groups in total. The van der Waals surface area contributed by atoms with E-state index in [4.69, 9.17) is 4.74 Å². The number of methoxy groups -OCH3 is 1. The number of rotatable bonds is 6. The Hall–Kier alpha value is -1.39. The van der Waals surface area contributed by atoms with Crippen molar-refractivity contribution >= 4 is 15.9 Å². The maximum Gasteiger partial charge on any atom is 0.118 e. The van der Waals surface area contributed by atoms with Gasteiger partial charge >= 0.3 is 0 Å². The lowest BCUT2D eigenvalue weighted by atomic mass is 10.0. The molecule has 1 atom stereocenters. The predicted molar refractivity (Wildman–Crippen MR) is 85.1 cm³/mol. The molecule has 0 saturated heterocycles. The molecular formula is C16H19BrN2O. The molecule has 0 aliphatic rings. The summed E-state index contributed by atoms with van der Waals surface area (Å²) in [4.78, 5) is 4.23. The van der Waals surface area contributed by atoms with Crippen LogP contribution in [-0.4, -0.2) is 19.1 Å². The van der Waals surface area contributed by atoms with Crippen LogP contribution >= 0.6 is 15.9 Å². The molecule has 4 heteroatoms. The van der Waals surface area contributed by atoms with Crippen LogP contribution in [0.25, 0.3) is 0 Å². The number of aryl methyl sites for hydroxylation is 1. The summed E-state index contributed by atoms with van der Waals surface area (Å²) in [6, 6.07) is 10.7. The van der Waals surface area contributed by atoms with Crippen molar-refractivity contribution in [1.82, 2.24) is 10.3 Å². The molecule has 1 aromatic heterocycles. The van der Waals surface area contributed by atoms with Crippen molar-refractivity contribution < 1.29 is 4.74 Å². The fourth-order valence-electron chi connectivity index (χ4n) is 2.20. The van der Waals surface area contributed by atoms with Crippen LogP contribution in [0.5, 0.6) is 5.75 Å². The van der Waals surface area contributed by atoms with Gasteiger partial charge in [-0.1, -0.05) is 12.1 Å². The van der Waals surface area contributed by atoms with E-state index < -0.39 is 0 Å². The van der Waals surface area contributed by atoms with Crippen LogP contribution in [0, 0.1) is 0 Å². The Bertz CT molecular complexity index is 542. The predicted octanol–water partition coefficient (Wildman–Crippen LogP) is 3.75. The number of benzene rings is 1. The fraction of sp³-hybridized carbons (Fsp3) is 0.312. The fourth-order valence-corrected chi connectivity index (χ4v) is 2.58. The van der Waals surface area contributed by atoms with Gasteiger partial charge in [0.1, 0.15) is 5.75 Å². The molecule has 0 spiro atoms. The van der Waals surface area contributed by atoms with E-state index in [9.17, 15) is 0 Å². The number of nitrogens with one attached hydrogen (secondary N) is 1. The van der Waals surface area contributed by atoms with Crippen LogP contribution in [0.15, 0.2) is 47.2 Å². The van der Waals surface area contributed by atoms with E-state index in [1.165, 1.54) is 11.1 Å². The van der Waals surface area contributed by atoms with Gasteiger partial charge in [-0.05, 0) is 65.1 Å². The molecule has 2 aromatic rings. The second-order valence-electron chi connectivity index (χ2n) is 4.66. The van der Waals surface area contributed by atoms with Crippen LogP contribution in [-0.2, 0) is 6.42 Å². The Morgan fingerprint density at radius 3 is 2.60 bits per heavy atom. The Labute approximate surface area is 128 Å². The van der Waals surface area contributed by atoms with E-state index >= 15 is 0 Å². The Morgan fingerprint density at radius 2 is 2.00 bits per heavy atom. The first-order chi connectivity index (χ1) is 9.72. The second kappa shape index (κ2) is 7.41. The third-order valence-corrected chi connectivity index (χ3v) is 3.79. The van der Waals surface area contributed by atoms with Gasteiger partial charge < -0.3 is 10.1 Å². The highest BCUT2D eigenvalue weighted by molar-refractivity contribution is 9.10. The van der Waals surface area contributed by atoms with E-state index in [0.29, 0.717) is 6.04 Å². The number of pyridine rings is 1. The maximum atomic E-state index is 5.17. The number of hydrogen-bond acceptors (Lipinski definition) is 3. The van der Waals surface area contributed by atoms with Gasteiger partial charge in [-0.15, -0.1) is 0 Å². The zero-order valence-electron chi connectivity index (χ0n) is 11.8. The molecule has 0 fully saturated rings. The molecule has 2 rings (SSSR count). The van der Waals surface area contributed by atoms with Crippen molar-refractivity contribution in [3.63, 3.8) is 0 Å². The number of aromatic nitrogens is 1. The van der Waals surface area contributed by atoms with Crippen molar-refractivity contribution in [3.8, 4) is 5.75 Å². The highest BCUT2D eigenvalue weighted by Gasteiger charge is 2.10. The molecule has 0 amide bonds. The summed E-state index contributed by atoms with van der Waals surface area (Å²) >= 11 is 3.47. The minimum atomic E-state index is 0.308. The minimum Gasteiger partial charge on any atom is -0.497 e. The average molecular weight is 335 g/mol. The number of halogens is 1. The van der Waals surface area contributed by atoms with Crippen LogP contribution < -0.4 is 10.1 Å². The molecule has 0 bridgehead atoms. The van der Waals surface area contributed by atoms with E-state index in [1.54, 1.807) is 13.3 Å². The molecule has 0 aliphatic carbocycles. The average Bonchev–Trinajstić information content (AvgIpc) is 2.48. The van der Waals surface area contributed by atoms with Gasteiger partial charge in [-0.3, -0.25) is 4.98 Å². The van der Waals surface area contributed by atoms with Crippen LogP contribution in [0.2, 0.25) is 0 Å². The molecule has 0 saturated carbocycles. The third kappa shape index (κ3) is 4.05. The summed E-state index contributed by atoms with van der Waals surface area (Å²) in [5.41, 5.74) is 2.52. The van der Waals surface area contributed by atoms with Crippen molar-refractivity contribution in [2.45, 2.75) is 18.9 Å². The summed E-state index contributed by atoms with van der Waals surface area (Å²) in [5, 5.41) is 3.35. The normalized spacial score (nSPS) is 12.2. The van der Waals surface area contributed by atoms with Gasteiger partial charge in [-0.2, -0.15) is 0 Å².